The molecule has 8 nitrogen and oxygen atoms in total. The number of rotatable bonds is 8. The van der Waals surface area contributed by atoms with Crippen molar-refractivity contribution in [1.29, 1.82) is 0 Å². The molecular formula is C24H28N6O2. The molecule has 1 aromatic carbocycles. The van der Waals surface area contributed by atoms with Crippen molar-refractivity contribution >= 4 is 23.3 Å². The summed E-state index contributed by atoms with van der Waals surface area (Å²) >= 11 is 0. The molecule has 0 spiro atoms. The van der Waals surface area contributed by atoms with Gasteiger partial charge in [0.1, 0.15) is 11.6 Å². The van der Waals surface area contributed by atoms with E-state index in [9.17, 15) is 4.79 Å². The minimum atomic E-state index is -0.968. The number of aromatic carboxylic acids is 1. The molecule has 2 aromatic heterocycles. The van der Waals surface area contributed by atoms with Crippen LogP contribution in [0.3, 0.4) is 0 Å². The highest BCUT2D eigenvalue weighted by atomic mass is 16.4. The summed E-state index contributed by atoms with van der Waals surface area (Å²) < 4.78 is 0. The average molecular weight is 433 g/mol. The number of benzene rings is 1. The molecule has 3 aromatic rings. The van der Waals surface area contributed by atoms with Gasteiger partial charge in [-0.2, -0.15) is 0 Å². The predicted molar refractivity (Wildman–Crippen MR) is 126 cm³/mol. The molecule has 1 atom stereocenters. The van der Waals surface area contributed by atoms with Crippen molar-refractivity contribution in [1.82, 2.24) is 15.0 Å². The van der Waals surface area contributed by atoms with Crippen molar-refractivity contribution in [2.45, 2.75) is 33.2 Å². The molecule has 166 valence electrons. The fourth-order valence-electron chi connectivity index (χ4n) is 3.19. The summed E-state index contributed by atoms with van der Waals surface area (Å²) in [6.07, 6.45) is 4.31. The van der Waals surface area contributed by atoms with E-state index in [1.165, 1.54) is 10.6 Å². The number of pyridine rings is 2. The van der Waals surface area contributed by atoms with E-state index in [4.69, 9.17) is 16.7 Å². The third kappa shape index (κ3) is 5.61. The van der Waals surface area contributed by atoms with E-state index >= 15 is 0 Å². The number of nitrogens with two attached hydrogens (primary N) is 2. The summed E-state index contributed by atoms with van der Waals surface area (Å²) in [6.45, 7) is 5.96. The molecule has 0 bridgehead atoms. The van der Waals surface area contributed by atoms with E-state index in [2.05, 4.69) is 22.2 Å². The van der Waals surface area contributed by atoms with Gasteiger partial charge in [-0.15, -0.1) is 0 Å². The summed E-state index contributed by atoms with van der Waals surface area (Å²) in [6, 6.07) is 14.1. The van der Waals surface area contributed by atoms with Crippen LogP contribution in [0.15, 0.2) is 60.9 Å². The molecule has 8 heteroatoms. The summed E-state index contributed by atoms with van der Waals surface area (Å²) in [4.78, 5) is 20.0. The fraction of sp³-hybridized carbons (Fsp3) is 0.208. The van der Waals surface area contributed by atoms with Crippen molar-refractivity contribution in [3.63, 3.8) is 0 Å². The summed E-state index contributed by atoms with van der Waals surface area (Å²) in [7, 11) is 0. The molecule has 0 saturated heterocycles. The van der Waals surface area contributed by atoms with Crippen LogP contribution in [0.4, 0.5) is 11.6 Å². The Morgan fingerprint density at radius 2 is 1.91 bits per heavy atom. The van der Waals surface area contributed by atoms with E-state index in [0.29, 0.717) is 17.2 Å². The molecule has 0 amide bonds. The third-order valence-electron chi connectivity index (χ3n) is 5.13. The van der Waals surface area contributed by atoms with Crippen molar-refractivity contribution in [2.75, 3.05) is 5.32 Å². The van der Waals surface area contributed by atoms with E-state index in [-0.39, 0.29) is 11.6 Å². The Morgan fingerprint density at radius 1 is 1.19 bits per heavy atom. The van der Waals surface area contributed by atoms with Gasteiger partial charge in [0.15, 0.2) is 0 Å². The molecule has 0 saturated carbocycles. The SMILES string of the molecule is CCc1ccnc(Nc2cc(C)cc(/C(N)=C/N(N)C(C)c3ccc(C(=O)O)cc3)n2)c1. The van der Waals surface area contributed by atoms with Gasteiger partial charge in [0, 0.05) is 12.4 Å². The second-order valence-corrected chi connectivity index (χ2v) is 7.58. The van der Waals surface area contributed by atoms with Gasteiger partial charge < -0.3 is 21.2 Å². The zero-order chi connectivity index (χ0) is 23.3. The number of hydrazine groups is 1. The maximum atomic E-state index is 11.0. The molecule has 6 N–H and O–H groups in total. The van der Waals surface area contributed by atoms with E-state index in [1.54, 1.807) is 36.7 Å². The van der Waals surface area contributed by atoms with Crippen LogP contribution in [-0.4, -0.2) is 26.1 Å². The lowest BCUT2D eigenvalue weighted by molar-refractivity contribution is 0.0697. The maximum Gasteiger partial charge on any atom is 0.335 e. The summed E-state index contributed by atoms with van der Waals surface area (Å²) in [5.74, 6) is 6.61. The zero-order valence-electron chi connectivity index (χ0n) is 18.4. The van der Waals surface area contributed by atoms with Crippen LogP contribution in [0.25, 0.3) is 5.70 Å². The van der Waals surface area contributed by atoms with Crippen LogP contribution in [0, 0.1) is 6.92 Å². The normalized spacial score (nSPS) is 12.3. The first-order valence-corrected chi connectivity index (χ1v) is 10.3. The number of carboxylic acids is 1. The topological polar surface area (TPSA) is 130 Å². The number of aryl methyl sites for hydroxylation is 2. The van der Waals surface area contributed by atoms with Gasteiger partial charge in [0.25, 0.3) is 0 Å². The van der Waals surface area contributed by atoms with Gasteiger partial charge in [0.05, 0.1) is 23.0 Å². The maximum absolute atomic E-state index is 11.0. The number of nitrogens with zero attached hydrogens (tertiary/aromatic N) is 3. The number of hydrogen-bond acceptors (Lipinski definition) is 7. The van der Waals surface area contributed by atoms with Crippen LogP contribution in [0.1, 0.15) is 52.6 Å². The molecule has 0 aliphatic rings. The molecule has 0 fully saturated rings. The lowest BCUT2D eigenvalue weighted by Crippen LogP contribution is -2.29. The van der Waals surface area contributed by atoms with Gasteiger partial charge >= 0.3 is 5.97 Å². The Balaban J connectivity index is 1.79. The van der Waals surface area contributed by atoms with E-state index in [1.807, 2.05) is 38.1 Å². The van der Waals surface area contributed by atoms with Crippen molar-refractivity contribution in [3.8, 4) is 0 Å². The monoisotopic (exact) mass is 432 g/mol. The van der Waals surface area contributed by atoms with Gasteiger partial charge in [-0.1, -0.05) is 19.1 Å². The lowest BCUT2D eigenvalue weighted by atomic mass is 10.1. The van der Waals surface area contributed by atoms with Gasteiger partial charge in [0.2, 0.25) is 0 Å². The molecular weight excluding hydrogens is 404 g/mol. The Hall–Kier alpha value is -3.91. The van der Waals surface area contributed by atoms with Gasteiger partial charge in [-0.3, -0.25) is 0 Å². The fourth-order valence-corrected chi connectivity index (χ4v) is 3.19. The smallest absolute Gasteiger partial charge is 0.335 e. The largest absolute Gasteiger partial charge is 0.478 e. The number of aromatic nitrogens is 2. The van der Waals surface area contributed by atoms with Crippen LogP contribution in [0.5, 0.6) is 0 Å². The van der Waals surface area contributed by atoms with Crippen molar-refractivity contribution in [3.05, 3.63) is 88.9 Å². The number of anilines is 2. The first-order chi connectivity index (χ1) is 15.3. The Kier molecular flexibility index (Phi) is 7.07. The minimum absolute atomic E-state index is 0.222. The molecule has 0 aliphatic carbocycles. The third-order valence-corrected chi connectivity index (χ3v) is 5.13. The number of carboxylic acid groups (broad SMARTS) is 1. The number of nitrogens with one attached hydrogen (secondary N) is 1. The van der Waals surface area contributed by atoms with Crippen LogP contribution >= 0.6 is 0 Å². The van der Waals surface area contributed by atoms with Crippen molar-refractivity contribution in [2.24, 2.45) is 11.6 Å². The van der Waals surface area contributed by atoms with Crippen LogP contribution < -0.4 is 16.9 Å². The summed E-state index contributed by atoms with van der Waals surface area (Å²) in [5.41, 5.74) is 10.6. The quantitative estimate of drug-likeness (QED) is 0.310. The Bertz CT molecular complexity index is 1130. The Labute approximate surface area is 187 Å². The molecule has 3 rings (SSSR count). The molecule has 0 radical (unpaired) electrons. The minimum Gasteiger partial charge on any atom is -0.478 e. The lowest BCUT2D eigenvalue weighted by Gasteiger charge is -2.23. The highest BCUT2D eigenvalue weighted by Gasteiger charge is 2.13. The average Bonchev–Trinajstić information content (AvgIpc) is 2.78. The highest BCUT2D eigenvalue weighted by Crippen LogP contribution is 2.22. The van der Waals surface area contributed by atoms with E-state index in [0.717, 1.165) is 23.4 Å². The summed E-state index contributed by atoms with van der Waals surface area (Å²) in [5, 5.41) is 13.8. The molecule has 2 heterocycles. The highest BCUT2D eigenvalue weighted by molar-refractivity contribution is 5.87. The number of carbonyl (C=O) groups is 1. The van der Waals surface area contributed by atoms with Crippen LogP contribution in [-0.2, 0) is 6.42 Å². The van der Waals surface area contributed by atoms with Gasteiger partial charge in [-0.25, -0.2) is 20.6 Å². The zero-order valence-corrected chi connectivity index (χ0v) is 18.4. The standard InChI is InChI=1S/C24H28N6O2/c1-4-17-9-10-27-22(13-17)29-23-12-15(2)11-21(28-23)20(25)14-30(26)16(3)18-5-7-19(8-6-18)24(31)32/h5-14,16H,4,25-26H2,1-3H3,(H,31,32)(H,27,28,29)/b20-14-. The molecule has 1 unspecified atom stereocenters. The molecule has 0 aliphatic heterocycles. The molecule has 32 heavy (non-hydrogen) atoms. The first kappa shape index (κ1) is 22.8. The predicted octanol–water partition coefficient (Wildman–Crippen LogP) is 3.98. The van der Waals surface area contributed by atoms with Crippen molar-refractivity contribution < 1.29 is 9.90 Å². The van der Waals surface area contributed by atoms with Crippen LogP contribution in [0.2, 0.25) is 0 Å². The van der Waals surface area contributed by atoms with E-state index < -0.39 is 5.97 Å². The first-order valence-electron chi connectivity index (χ1n) is 10.3. The second-order valence-electron chi connectivity index (χ2n) is 7.58. The second kappa shape index (κ2) is 9.93. The van der Waals surface area contributed by atoms with Gasteiger partial charge in [-0.05, 0) is 73.4 Å². The number of hydrogen-bond donors (Lipinski definition) is 4. The Morgan fingerprint density at radius 3 is 2.56 bits per heavy atom.